The lowest BCUT2D eigenvalue weighted by atomic mass is 9.85. The number of nitrogens with zero attached hydrogens (tertiary/aromatic N) is 1. The topological polar surface area (TPSA) is 97.6 Å². The molecule has 46 heavy (non-hydrogen) atoms. The van der Waals surface area contributed by atoms with E-state index in [0.29, 0.717) is 45.9 Å². The Hall–Kier alpha value is -4.88. The number of para-hydroxylation sites is 1. The summed E-state index contributed by atoms with van der Waals surface area (Å²) in [4.78, 5) is 39.6. The van der Waals surface area contributed by atoms with Crippen molar-refractivity contribution in [3.05, 3.63) is 130 Å². The molecular formula is C38H35ClN2O5. The number of anilines is 1. The van der Waals surface area contributed by atoms with Gasteiger partial charge in [0, 0.05) is 45.8 Å². The molecule has 0 saturated carbocycles. The highest BCUT2D eigenvalue weighted by molar-refractivity contribution is 6.30. The number of halogens is 1. The number of carboxylic acid groups (broad SMARTS) is 1. The van der Waals surface area contributed by atoms with Crippen molar-refractivity contribution in [2.45, 2.75) is 52.3 Å². The van der Waals surface area contributed by atoms with Crippen LogP contribution in [0.25, 0.3) is 10.9 Å². The van der Waals surface area contributed by atoms with Gasteiger partial charge in [-0.2, -0.15) is 0 Å². The van der Waals surface area contributed by atoms with E-state index < -0.39 is 17.5 Å². The molecule has 1 aliphatic rings. The number of Topliss-reactive ketones (excluding diaryl/α,β-unsaturated/α-hetero) is 1. The SMILES string of the molecule is CC(=O)[C@@H](Oc1ccc2c(c1)c(C(=O)c1ccccc1)c(CC(C)(C)C(=O)O)n2Cc1ccc(Cl)cc1)C1Cc2ccccc2N1. The number of carbonyl (C=O) groups excluding carboxylic acids is 2. The summed E-state index contributed by atoms with van der Waals surface area (Å²) < 4.78 is 8.43. The first-order valence-electron chi connectivity index (χ1n) is 15.3. The molecule has 7 nitrogen and oxygen atoms in total. The van der Waals surface area contributed by atoms with E-state index in [1.54, 1.807) is 44.2 Å². The maximum Gasteiger partial charge on any atom is 0.309 e. The highest BCUT2D eigenvalue weighted by atomic mass is 35.5. The first kappa shape index (κ1) is 31.1. The highest BCUT2D eigenvalue weighted by Gasteiger charge is 2.35. The summed E-state index contributed by atoms with van der Waals surface area (Å²) >= 11 is 6.17. The summed E-state index contributed by atoms with van der Waals surface area (Å²) in [6, 6.07) is 29.6. The van der Waals surface area contributed by atoms with Crippen LogP contribution >= 0.6 is 11.6 Å². The zero-order valence-corrected chi connectivity index (χ0v) is 26.7. The maximum absolute atomic E-state index is 14.3. The Balaban J connectivity index is 1.50. The first-order chi connectivity index (χ1) is 22.0. The van der Waals surface area contributed by atoms with Crippen molar-refractivity contribution < 1.29 is 24.2 Å². The Bertz CT molecular complexity index is 1920. The molecule has 0 saturated heterocycles. The second kappa shape index (κ2) is 12.5. The van der Waals surface area contributed by atoms with Gasteiger partial charge >= 0.3 is 5.97 Å². The summed E-state index contributed by atoms with van der Waals surface area (Å²) in [5.41, 5.74) is 4.15. The molecule has 0 fully saturated rings. The number of hydrogen-bond donors (Lipinski definition) is 2. The van der Waals surface area contributed by atoms with Gasteiger partial charge in [0.25, 0.3) is 0 Å². The molecule has 4 aromatic carbocycles. The first-order valence-corrected chi connectivity index (χ1v) is 15.6. The molecule has 0 radical (unpaired) electrons. The molecule has 8 heteroatoms. The Morgan fingerprint density at radius 1 is 0.978 bits per heavy atom. The number of carboxylic acids is 1. The fourth-order valence-electron chi connectivity index (χ4n) is 6.18. The average molecular weight is 635 g/mol. The molecule has 1 unspecified atom stereocenters. The van der Waals surface area contributed by atoms with Gasteiger partial charge in [-0.1, -0.05) is 72.3 Å². The van der Waals surface area contributed by atoms with Crippen molar-refractivity contribution in [2.75, 3.05) is 5.32 Å². The van der Waals surface area contributed by atoms with Crippen molar-refractivity contribution in [1.82, 2.24) is 4.57 Å². The van der Waals surface area contributed by atoms with E-state index in [2.05, 4.69) is 5.32 Å². The molecule has 5 aromatic rings. The number of ether oxygens (including phenoxy) is 1. The molecule has 0 amide bonds. The van der Waals surface area contributed by atoms with Gasteiger partial charge in [-0.05, 0) is 74.7 Å². The molecule has 234 valence electrons. The summed E-state index contributed by atoms with van der Waals surface area (Å²) in [5.74, 6) is -0.854. The second-order valence-corrected chi connectivity index (χ2v) is 13.0. The van der Waals surface area contributed by atoms with Gasteiger partial charge in [-0.25, -0.2) is 0 Å². The Kier molecular flexibility index (Phi) is 8.45. The molecule has 1 aromatic heterocycles. The molecular weight excluding hydrogens is 600 g/mol. The van der Waals surface area contributed by atoms with Crippen LogP contribution in [-0.4, -0.2) is 39.4 Å². The van der Waals surface area contributed by atoms with Crippen LogP contribution in [0.4, 0.5) is 5.69 Å². The van der Waals surface area contributed by atoms with Gasteiger partial charge < -0.3 is 19.7 Å². The number of fused-ring (bicyclic) bond motifs is 2. The van der Waals surface area contributed by atoms with E-state index in [1.807, 2.05) is 71.3 Å². The van der Waals surface area contributed by atoms with Crippen LogP contribution in [0.3, 0.4) is 0 Å². The van der Waals surface area contributed by atoms with Gasteiger partial charge in [-0.3, -0.25) is 14.4 Å². The van der Waals surface area contributed by atoms with Crippen LogP contribution in [0.1, 0.15) is 53.5 Å². The number of carbonyl (C=O) groups is 3. The number of benzene rings is 4. The predicted octanol–water partition coefficient (Wildman–Crippen LogP) is 7.60. The largest absolute Gasteiger partial charge is 0.481 e. The molecule has 2 heterocycles. The predicted molar refractivity (Wildman–Crippen MR) is 180 cm³/mol. The Labute approximate surface area is 272 Å². The minimum absolute atomic E-state index is 0.106. The van der Waals surface area contributed by atoms with E-state index in [0.717, 1.165) is 22.3 Å². The number of ketones is 2. The number of hydrogen-bond acceptors (Lipinski definition) is 5. The third-order valence-corrected chi connectivity index (χ3v) is 8.93. The molecule has 6 rings (SSSR count). The summed E-state index contributed by atoms with van der Waals surface area (Å²) in [5, 5.41) is 14.8. The monoisotopic (exact) mass is 634 g/mol. The van der Waals surface area contributed by atoms with Crippen LogP contribution in [-0.2, 0) is 29.0 Å². The molecule has 1 aliphatic heterocycles. The fourth-order valence-corrected chi connectivity index (χ4v) is 6.31. The highest BCUT2D eigenvalue weighted by Crippen LogP contribution is 2.37. The van der Waals surface area contributed by atoms with E-state index in [1.165, 1.54) is 6.92 Å². The van der Waals surface area contributed by atoms with E-state index in [9.17, 15) is 19.5 Å². The third kappa shape index (κ3) is 6.15. The number of rotatable bonds is 11. The number of aromatic nitrogens is 1. The average Bonchev–Trinajstić information content (AvgIpc) is 3.59. The van der Waals surface area contributed by atoms with Crippen LogP contribution < -0.4 is 10.1 Å². The molecule has 2 atom stereocenters. The standard InChI is InChI=1S/C38H35ClN2O5/c1-23(42)36(31-19-26-11-7-8-12-30(26)40-31)46-28-17-18-32-29(20-28)34(35(43)25-9-5-4-6-10-25)33(21-38(2,3)37(44)45)41(32)22-24-13-15-27(39)16-14-24/h4-18,20,31,36,40H,19,21-22H2,1-3H3,(H,44,45)/t31?,36-/m1/s1. The van der Waals surface area contributed by atoms with Crippen molar-refractivity contribution in [1.29, 1.82) is 0 Å². The summed E-state index contributed by atoms with van der Waals surface area (Å²) in [7, 11) is 0. The van der Waals surface area contributed by atoms with Gasteiger partial charge in [0.1, 0.15) is 5.75 Å². The van der Waals surface area contributed by atoms with E-state index >= 15 is 0 Å². The van der Waals surface area contributed by atoms with Crippen LogP contribution in [0.15, 0.2) is 97.1 Å². The normalized spacial score (nSPS) is 14.8. The van der Waals surface area contributed by atoms with Crippen molar-refractivity contribution in [3.63, 3.8) is 0 Å². The lowest BCUT2D eigenvalue weighted by Crippen LogP contribution is -2.41. The summed E-state index contributed by atoms with van der Waals surface area (Å²) in [6.07, 6.45) is -0.0129. The molecule has 0 spiro atoms. The smallest absolute Gasteiger partial charge is 0.309 e. The second-order valence-electron chi connectivity index (χ2n) is 12.5. The lowest BCUT2D eigenvalue weighted by Gasteiger charge is -2.23. The van der Waals surface area contributed by atoms with E-state index in [4.69, 9.17) is 16.3 Å². The molecule has 0 bridgehead atoms. The lowest BCUT2D eigenvalue weighted by molar-refractivity contribution is -0.146. The van der Waals surface area contributed by atoms with Crippen LogP contribution in [0.5, 0.6) is 5.75 Å². The van der Waals surface area contributed by atoms with Crippen molar-refractivity contribution in [3.8, 4) is 5.75 Å². The van der Waals surface area contributed by atoms with Gasteiger partial charge in [0.15, 0.2) is 17.7 Å². The number of nitrogens with one attached hydrogen (secondary N) is 1. The quantitative estimate of drug-likeness (QED) is 0.145. The zero-order valence-electron chi connectivity index (χ0n) is 25.9. The van der Waals surface area contributed by atoms with E-state index in [-0.39, 0.29) is 24.0 Å². The minimum atomic E-state index is -1.17. The minimum Gasteiger partial charge on any atom is -0.481 e. The van der Waals surface area contributed by atoms with Crippen LogP contribution in [0, 0.1) is 5.41 Å². The molecule has 0 aliphatic carbocycles. The van der Waals surface area contributed by atoms with Gasteiger partial charge in [-0.15, -0.1) is 0 Å². The Morgan fingerprint density at radius 2 is 1.67 bits per heavy atom. The molecule has 2 N–H and O–H groups in total. The maximum atomic E-state index is 14.3. The Morgan fingerprint density at radius 3 is 2.35 bits per heavy atom. The van der Waals surface area contributed by atoms with Crippen molar-refractivity contribution >= 4 is 45.7 Å². The zero-order chi connectivity index (χ0) is 32.6. The third-order valence-electron chi connectivity index (χ3n) is 8.68. The number of aliphatic carboxylic acids is 1. The summed E-state index contributed by atoms with van der Waals surface area (Å²) in [6.45, 7) is 5.23. The van der Waals surface area contributed by atoms with Crippen LogP contribution in [0.2, 0.25) is 5.02 Å². The van der Waals surface area contributed by atoms with Gasteiger partial charge in [0.05, 0.1) is 17.0 Å². The van der Waals surface area contributed by atoms with Crippen molar-refractivity contribution in [2.24, 2.45) is 5.41 Å². The fraction of sp³-hybridized carbons (Fsp3) is 0.237. The van der Waals surface area contributed by atoms with Gasteiger partial charge in [0.2, 0.25) is 0 Å².